The van der Waals surface area contributed by atoms with Crippen LogP contribution in [-0.4, -0.2) is 31.1 Å². The molecular formula is C15H19N3O3. The lowest BCUT2D eigenvalue weighted by atomic mass is 9.97. The minimum absolute atomic E-state index is 0.122. The highest BCUT2D eigenvalue weighted by Gasteiger charge is 2.14. The number of Topliss-reactive ketones (excluding diaryl/α,β-unsaturated/α-hetero) is 1. The molecule has 112 valence electrons. The first-order chi connectivity index (χ1) is 10.2. The Labute approximate surface area is 123 Å². The molecule has 1 aromatic rings. The zero-order valence-corrected chi connectivity index (χ0v) is 12.0. The van der Waals surface area contributed by atoms with E-state index in [4.69, 9.17) is 4.74 Å². The summed E-state index contributed by atoms with van der Waals surface area (Å²) < 4.78 is 5.06. The van der Waals surface area contributed by atoms with E-state index in [2.05, 4.69) is 15.8 Å². The lowest BCUT2D eigenvalue weighted by molar-refractivity contribution is -0.120. The molecule has 0 aromatic heterocycles. The smallest absolute Gasteiger partial charge is 0.259 e. The third-order valence-electron chi connectivity index (χ3n) is 3.20. The first-order valence-electron chi connectivity index (χ1n) is 6.91. The highest BCUT2D eigenvalue weighted by atomic mass is 16.5. The van der Waals surface area contributed by atoms with Gasteiger partial charge in [-0.15, -0.1) is 0 Å². The number of nitrogens with zero attached hydrogens (tertiary/aromatic N) is 1. The number of carbonyl (C=O) groups excluding carboxylic acids is 2. The van der Waals surface area contributed by atoms with Gasteiger partial charge < -0.3 is 10.1 Å². The van der Waals surface area contributed by atoms with Crippen LogP contribution in [0.25, 0.3) is 0 Å². The topological polar surface area (TPSA) is 79.8 Å². The van der Waals surface area contributed by atoms with Crippen LogP contribution in [0.4, 0.5) is 5.69 Å². The van der Waals surface area contributed by atoms with Gasteiger partial charge in [0.1, 0.15) is 11.5 Å². The van der Waals surface area contributed by atoms with E-state index in [0.29, 0.717) is 12.8 Å². The number of benzene rings is 1. The summed E-state index contributed by atoms with van der Waals surface area (Å²) in [4.78, 5) is 22.9. The summed E-state index contributed by atoms with van der Waals surface area (Å²) in [6, 6.07) is 7.29. The summed E-state index contributed by atoms with van der Waals surface area (Å²) in [5, 5.41) is 7.00. The second kappa shape index (κ2) is 7.42. The summed E-state index contributed by atoms with van der Waals surface area (Å²) in [5.41, 5.74) is 4.05. The molecule has 6 nitrogen and oxygen atoms in total. The van der Waals surface area contributed by atoms with Gasteiger partial charge in [-0.05, 0) is 37.1 Å². The molecule has 1 aromatic carbocycles. The van der Waals surface area contributed by atoms with Crippen molar-refractivity contribution in [2.75, 3.05) is 19.0 Å². The zero-order valence-electron chi connectivity index (χ0n) is 12.0. The van der Waals surface area contributed by atoms with E-state index in [1.807, 2.05) is 24.3 Å². The Morgan fingerprint density at radius 2 is 2.05 bits per heavy atom. The van der Waals surface area contributed by atoms with Crippen molar-refractivity contribution in [1.29, 1.82) is 0 Å². The fourth-order valence-electron chi connectivity index (χ4n) is 2.06. The predicted octanol–water partition coefficient (Wildman–Crippen LogP) is 1.72. The van der Waals surface area contributed by atoms with Gasteiger partial charge in [0.05, 0.1) is 13.7 Å². The number of rotatable bonds is 5. The van der Waals surface area contributed by atoms with Crippen molar-refractivity contribution in [3.63, 3.8) is 0 Å². The van der Waals surface area contributed by atoms with Crippen molar-refractivity contribution in [2.24, 2.45) is 5.10 Å². The van der Waals surface area contributed by atoms with Gasteiger partial charge in [-0.1, -0.05) is 0 Å². The molecule has 1 aliphatic carbocycles. The summed E-state index contributed by atoms with van der Waals surface area (Å²) in [6.07, 6.45) is 2.56. The Bertz CT molecular complexity index is 538. The number of ketones is 1. The number of anilines is 1. The second-order valence-electron chi connectivity index (χ2n) is 4.86. The number of hydrogen-bond donors (Lipinski definition) is 2. The van der Waals surface area contributed by atoms with Gasteiger partial charge in [-0.3, -0.25) is 9.59 Å². The number of ether oxygens (including phenoxy) is 1. The van der Waals surface area contributed by atoms with E-state index in [1.54, 1.807) is 7.11 Å². The van der Waals surface area contributed by atoms with Crippen LogP contribution in [0.2, 0.25) is 0 Å². The molecule has 0 radical (unpaired) electrons. The Kier molecular flexibility index (Phi) is 5.31. The lowest BCUT2D eigenvalue weighted by Crippen LogP contribution is -2.28. The van der Waals surface area contributed by atoms with Gasteiger partial charge in [0.15, 0.2) is 0 Å². The number of hydrazone groups is 1. The van der Waals surface area contributed by atoms with E-state index >= 15 is 0 Å². The third-order valence-corrected chi connectivity index (χ3v) is 3.20. The lowest BCUT2D eigenvalue weighted by Gasteiger charge is -2.11. The van der Waals surface area contributed by atoms with Gasteiger partial charge in [-0.25, -0.2) is 5.43 Å². The van der Waals surface area contributed by atoms with Gasteiger partial charge >= 0.3 is 0 Å². The maximum Gasteiger partial charge on any atom is 0.259 e. The number of nitrogens with one attached hydrogen (secondary N) is 2. The maximum atomic E-state index is 11.7. The highest BCUT2D eigenvalue weighted by molar-refractivity contribution is 6.04. The van der Waals surface area contributed by atoms with Gasteiger partial charge in [-0.2, -0.15) is 5.10 Å². The third kappa shape index (κ3) is 4.91. The molecule has 2 N–H and O–H groups in total. The SMILES string of the molecule is COc1ccc(NCC(=O)NN=C2CCCC(=O)C2)cc1. The van der Waals surface area contributed by atoms with E-state index in [0.717, 1.165) is 30.0 Å². The molecule has 0 atom stereocenters. The number of hydrogen-bond acceptors (Lipinski definition) is 5. The highest BCUT2D eigenvalue weighted by Crippen LogP contribution is 2.14. The minimum atomic E-state index is -0.239. The van der Waals surface area contributed by atoms with Crippen LogP contribution < -0.4 is 15.5 Å². The van der Waals surface area contributed by atoms with Crippen molar-refractivity contribution >= 4 is 23.1 Å². The van der Waals surface area contributed by atoms with Crippen molar-refractivity contribution in [2.45, 2.75) is 25.7 Å². The summed E-state index contributed by atoms with van der Waals surface area (Å²) >= 11 is 0. The molecule has 6 heteroatoms. The summed E-state index contributed by atoms with van der Waals surface area (Å²) in [6.45, 7) is 0.122. The predicted molar refractivity (Wildman–Crippen MR) is 80.5 cm³/mol. The molecular weight excluding hydrogens is 270 g/mol. The van der Waals surface area contributed by atoms with E-state index in [9.17, 15) is 9.59 Å². The molecule has 2 rings (SSSR count). The Hall–Kier alpha value is -2.37. The molecule has 1 fully saturated rings. The molecule has 1 amide bonds. The first kappa shape index (κ1) is 15.0. The zero-order chi connectivity index (χ0) is 15.1. The average molecular weight is 289 g/mol. The number of amides is 1. The molecule has 1 saturated carbocycles. The summed E-state index contributed by atoms with van der Waals surface area (Å²) in [7, 11) is 1.60. The molecule has 0 heterocycles. The average Bonchev–Trinajstić information content (AvgIpc) is 2.51. The van der Waals surface area contributed by atoms with Crippen LogP contribution in [0.1, 0.15) is 25.7 Å². The number of carbonyl (C=O) groups is 2. The minimum Gasteiger partial charge on any atom is -0.497 e. The van der Waals surface area contributed by atoms with E-state index < -0.39 is 0 Å². The maximum absolute atomic E-state index is 11.7. The van der Waals surface area contributed by atoms with Crippen LogP contribution in [-0.2, 0) is 9.59 Å². The van der Waals surface area contributed by atoms with Crippen LogP contribution in [0, 0.1) is 0 Å². The Balaban J connectivity index is 1.76. The fourth-order valence-corrected chi connectivity index (χ4v) is 2.06. The van der Waals surface area contributed by atoms with Crippen LogP contribution >= 0.6 is 0 Å². The van der Waals surface area contributed by atoms with Gasteiger partial charge in [0.25, 0.3) is 5.91 Å². The normalized spacial score (nSPS) is 16.6. The molecule has 0 aliphatic heterocycles. The summed E-state index contributed by atoms with van der Waals surface area (Å²) in [5.74, 6) is 0.709. The quantitative estimate of drug-likeness (QED) is 0.809. The molecule has 0 saturated heterocycles. The number of methoxy groups -OCH3 is 1. The van der Waals surface area contributed by atoms with E-state index in [-0.39, 0.29) is 18.2 Å². The van der Waals surface area contributed by atoms with E-state index in [1.165, 1.54) is 0 Å². The van der Waals surface area contributed by atoms with Crippen LogP contribution in [0.15, 0.2) is 29.4 Å². The molecule has 1 aliphatic rings. The van der Waals surface area contributed by atoms with Crippen LogP contribution in [0.3, 0.4) is 0 Å². The monoisotopic (exact) mass is 289 g/mol. The second-order valence-corrected chi connectivity index (χ2v) is 4.86. The molecule has 21 heavy (non-hydrogen) atoms. The molecule has 0 spiro atoms. The standard InChI is InChI=1S/C15H19N3O3/c1-21-14-7-5-11(6-8-14)16-10-15(20)18-17-12-3-2-4-13(19)9-12/h5-8,16H,2-4,9-10H2,1H3,(H,18,20). The van der Waals surface area contributed by atoms with Crippen molar-refractivity contribution < 1.29 is 14.3 Å². The van der Waals surface area contributed by atoms with Gasteiger partial charge in [0.2, 0.25) is 0 Å². The van der Waals surface area contributed by atoms with Crippen molar-refractivity contribution in [3.8, 4) is 5.75 Å². The largest absolute Gasteiger partial charge is 0.497 e. The first-order valence-corrected chi connectivity index (χ1v) is 6.91. The molecule has 0 unspecified atom stereocenters. The van der Waals surface area contributed by atoms with Gasteiger partial charge in [0, 0.05) is 24.2 Å². The Morgan fingerprint density at radius 1 is 1.29 bits per heavy atom. The molecule has 0 bridgehead atoms. The van der Waals surface area contributed by atoms with Crippen LogP contribution in [0.5, 0.6) is 5.75 Å². The Morgan fingerprint density at radius 3 is 2.71 bits per heavy atom. The van der Waals surface area contributed by atoms with Crippen molar-refractivity contribution in [3.05, 3.63) is 24.3 Å². The fraction of sp³-hybridized carbons (Fsp3) is 0.400. The van der Waals surface area contributed by atoms with Crippen molar-refractivity contribution in [1.82, 2.24) is 5.43 Å².